The topological polar surface area (TPSA) is 78.4 Å². The fourth-order valence-electron chi connectivity index (χ4n) is 1.23. The minimum atomic E-state index is -1.25. The smallest absolute Gasteiger partial charge is 0.327 e. The number of carboxylic acids is 1. The van der Waals surface area contributed by atoms with Crippen molar-refractivity contribution in [2.24, 2.45) is 0 Å². The summed E-state index contributed by atoms with van der Waals surface area (Å²) in [5.74, 6) is 0.337. The molecule has 0 aliphatic heterocycles. The molecular formula is C12H10ClFN2O3. The zero-order valence-corrected chi connectivity index (χ0v) is 10.4. The lowest BCUT2D eigenvalue weighted by Gasteiger charge is -2.13. The summed E-state index contributed by atoms with van der Waals surface area (Å²) in [7, 11) is 0. The average Bonchev–Trinajstić information content (AvgIpc) is 2.32. The third-order valence-electron chi connectivity index (χ3n) is 2.10. The second kappa shape index (κ2) is 6.61. The summed E-state index contributed by atoms with van der Waals surface area (Å²) in [4.78, 5) is 22.3. The SMILES string of the molecule is C#CCC(NC(=O)Nc1ccc(F)cc1Cl)C(=O)O. The predicted octanol–water partition coefficient (Wildman–Crippen LogP) is 2.08. The van der Waals surface area contributed by atoms with E-state index in [9.17, 15) is 14.0 Å². The summed E-state index contributed by atoms with van der Waals surface area (Å²) in [6.07, 6.45) is 4.84. The first-order valence-electron chi connectivity index (χ1n) is 5.13. The molecule has 2 amide bonds. The standard InChI is InChI=1S/C12H10ClFN2O3/c1-2-3-10(11(17)18)16-12(19)15-9-5-4-7(14)6-8(9)13/h1,4-6,10H,3H2,(H,17,18)(H2,15,16,19). The van der Waals surface area contributed by atoms with Crippen LogP contribution in [0.3, 0.4) is 0 Å². The zero-order valence-electron chi connectivity index (χ0n) is 9.61. The van der Waals surface area contributed by atoms with Gasteiger partial charge in [-0.05, 0) is 18.2 Å². The van der Waals surface area contributed by atoms with Gasteiger partial charge >= 0.3 is 12.0 Å². The molecule has 0 radical (unpaired) electrons. The van der Waals surface area contributed by atoms with Crippen LogP contribution in [0.2, 0.25) is 5.02 Å². The van der Waals surface area contributed by atoms with Crippen molar-refractivity contribution in [2.45, 2.75) is 12.5 Å². The Hall–Kier alpha value is -2.26. The Morgan fingerprint density at radius 3 is 2.74 bits per heavy atom. The first kappa shape index (κ1) is 14.8. The van der Waals surface area contributed by atoms with Crippen LogP contribution >= 0.6 is 11.6 Å². The molecule has 0 saturated heterocycles. The minimum Gasteiger partial charge on any atom is -0.480 e. The Balaban J connectivity index is 2.69. The molecule has 1 aromatic rings. The molecule has 1 atom stereocenters. The number of benzene rings is 1. The quantitative estimate of drug-likeness (QED) is 0.741. The monoisotopic (exact) mass is 284 g/mol. The Morgan fingerprint density at radius 2 is 2.21 bits per heavy atom. The van der Waals surface area contributed by atoms with Crippen LogP contribution in [0, 0.1) is 18.2 Å². The van der Waals surface area contributed by atoms with Gasteiger partial charge in [0.25, 0.3) is 0 Å². The highest BCUT2D eigenvalue weighted by atomic mass is 35.5. The summed E-state index contributed by atoms with van der Waals surface area (Å²) in [6.45, 7) is 0. The van der Waals surface area contributed by atoms with Crippen LogP contribution in [-0.2, 0) is 4.79 Å². The third-order valence-corrected chi connectivity index (χ3v) is 2.42. The molecule has 0 bridgehead atoms. The molecule has 0 spiro atoms. The van der Waals surface area contributed by atoms with E-state index in [-0.39, 0.29) is 17.1 Å². The Labute approximate surface area is 113 Å². The highest BCUT2D eigenvalue weighted by Gasteiger charge is 2.19. The molecule has 100 valence electrons. The number of urea groups is 1. The number of carboxylic acid groups (broad SMARTS) is 1. The minimum absolute atomic E-state index is 0.000949. The van der Waals surface area contributed by atoms with Crippen LogP contribution in [0.4, 0.5) is 14.9 Å². The number of terminal acetylenes is 1. The molecule has 0 saturated carbocycles. The average molecular weight is 285 g/mol. The first-order valence-corrected chi connectivity index (χ1v) is 5.50. The van der Waals surface area contributed by atoms with Crippen molar-refractivity contribution in [3.63, 3.8) is 0 Å². The summed E-state index contributed by atoms with van der Waals surface area (Å²) in [6, 6.07) is 1.39. The van der Waals surface area contributed by atoms with Crippen molar-refractivity contribution in [3.05, 3.63) is 29.0 Å². The highest BCUT2D eigenvalue weighted by Crippen LogP contribution is 2.22. The second-order valence-electron chi connectivity index (χ2n) is 3.52. The molecule has 0 aromatic heterocycles. The van der Waals surface area contributed by atoms with Gasteiger partial charge in [-0.2, -0.15) is 0 Å². The van der Waals surface area contributed by atoms with Gasteiger partial charge in [0, 0.05) is 6.42 Å². The number of carbonyl (C=O) groups is 2. The summed E-state index contributed by atoms with van der Waals surface area (Å²) < 4.78 is 12.8. The molecule has 0 fully saturated rings. The second-order valence-corrected chi connectivity index (χ2v) is 3.93. The molecule has 0 aliphatic carbocycles. The molecule has 1 rings (SSSR count). The van der Waals surface area contributed by atoms with Crippen LogP contribution in [0.15, 0.2) is 18.2 Å². The predicted molar refractivity (Wildman–Crippen MR) is 68.4 cm³/mol. The van der Waals surface area contributed by atoms with Crippen LogP contribution in [0.25, 0.3) is 0 Å². The van der Waals surface area contributed by atoms with Gasteiger partial charge in [-0.25, -0.2) is 14.0 Å². The van der Waals surface area contributed by atoms with Crippen molar-refractivity contribution in [3.8, 4) is 12.3 Å². The van der Waals surface area contributed by atoms with Gasteiger partial charge in [0.2, 0.25) is 0 Å². The van der Waals surface area contributed by atoms with Crippen molar-refractivity contribution < 1.29 is 19.1 Å². The summed E-state index contributed by atoms with van der Waals surface area (Å²) in [5, 5.41) is 13.3. The van der Waals surface area contributed by atoms with Crippen molar-refractivity contribution in [2.75, 3.05) is 5.32 Å². The number of carbonyl (C=O) groups excluding carboxylic acids is 1. The Bertz CT molecular complexity index is 542. The third kappa shape index (κ3) is 4.48. The number of hydrogen-bond donors (Lipinski definition) is 3. The lowest BCUT2D eigenvalue weighted by atomic mass is 10.2. The van der Waals surface area contributed by atoms with E-state index in [4.69, 9.17) is 23.1 Å². The molecule has 1 aromatic carbocycles. The highest BCUT2D eigenvalue weighted by molar-refractivity contribution is 6.33. The van der Waals surface area contributed by atoms with Crippen LogP contribution in [0.5, 0.6) is 0 Å². The fraction of sp³-hybridized carbons (Fsp3) is 0.167. The first-order chi connectivity index (χ1) is 8.93. The van der Waals surface area contributed by atoms with Gasteiger partial charge in [0.15, 0.2) is 0 Å². The van der Waals surface area contributed by atoms with Crippen molar-refractivity contribution >= 4 is 29.3 Å². The number of anilines is 1. The molecule has 19 heavy (non-hydrogen) atoms. The maximum atomic E-state index is 12.8. The van der Waals surface area contributed by atoms with E-state index in [1.54, 1.807) is 0 Å². The van der Waals surface area contributed by atoms with Gasteiger partial charge in [0.05, 0.1) is 10.7 Å². The lowest BCUT2D eigenvalue weighted by Crippen LogP contribution is -2.42. The summed E-state index contributed by atoms with van der Waals surface area (Å²) in [5.41, 5.74) is 0.158. The molecule has 5 nitrogen and oxygen atoms in total. The number of rotatable bonds is 4. The Morgan fingerprint density at radius 1 is 1.53 bits per heavy atom. The van der Waals surface area contributed by atoms with Crippen molar-refractivity contribution in [1.29, 1.82) is 0 Å². The fourth-order valence-corrected chi connectivity index (χ4v) is 1.44. The lowest BCUT2D eigenvalue weighted by molar-refractivity contribution is -0.139. The maximum Gasteiger partial charge on any atom is 0.327 e. The number of nitrogens with one attached hydrogen (secondary N) is 2. The molecule has 0 heterocycles. The molecule has 3 N–H and O–H groups in total. The van der Waals surface area contributed by atoms with E-state index >= 15 is 0 Å². The molecular weight excluding hydrogens is 275 g/mol. The normalized spacial score (nSPS) is 11.2. The van der Waals surface area contributed by atoms with E-state index < -0.39 is 23.9 Å². The zero-order chi connectivity index (χ0) is 14.4. The van der Waals surface area contributed by atoms with Gasteiger partial charge < -0.3 is 15.7 Å². The van der Waals surface area contributed by atoms with Gasteiger partial charge in [-0.3, -0.25) is 0 Å². The molecule has 0 aliphatic rings. The van der Waals surface area contributed by atoms with E-state index in [0.29, 0.717) is 0 Å². The van der Waals surface area contributed by atoms with Crippen LogP contribution < -0.4 is 10.6 Å². The Kier molecular flexibility index (Phi) is 5.15. The largest absolute Gasteiger partial charge is 0.480 e. The molecule has 1 unspecified atom stereocenters. The maximum absolute atomic E-state index is 12.8. The summed E-state index contributed by atoms with van der Waals surface area (Å²) >= 11 is 5.70. The van der Waals surface area contributed by atoms with Crippen LogP contribution in [-0.4, -0.2) is 23.1 Å². The van der Waals surface area contributed by atoms with Crippen molar-refractivity contribution in [1.82, 2.24) is 5.32 Å². The van der Waals surface area contributed by atoms with E-state index in [2.05, 4.69) is 16.6 Å². The van der Waals surface area contributed by atoms with E-state index in [0.717, 1.165) is 12.1 Å². The van der Waals surface area contributed by atoms with Crippen LogP contribution in [0.1, 0.15) is 6.42 Å². The van der Waals surface area contributed by atoms with Gasteiger partial charge in [0.1, 0.15) is 11.9 Å². The van der Waals surface area contributed by atoms with Gasteiger partial charge in [-0.15, -0.1) is 12.3 Å². The van der Waals surface area contributed by atoms with E-state index in [1.807, 2.05) is 0 Å². The molecule has 7 heteroatoms. The van der Waals surface area contributed by atoms with E-state index in [1.165, 1.54) is 6.07 Å². The number of amides is 2. The number of hydrogen-bond acceptors (Lipinski definition) is 2. The number of halogens is 2. The van der Waals surface area contributed by atoms with Gasteiger partial charge in [-0.1, -0.05) is 11.6 Å². The number of aliphatic carboxylic acids is 1.